The first kappa shape index (κ1) is 30.5. The number of nitrogens with zero attached hydrogens (tertiary/aromatic N) is 2. The number of nitrogens with one attached hydrogen (secondary N) is 1. The third-order valence-corrected chi connectivity index (χ3v) is 8.32. The van der Waals surface area contributed by atoms with Gasteiger partial charge in [0.1, 0.15) is 11.8 Å². The van der Waals surface area contributed by atoms with E-state index in [4.69, 9.17) is 4.74 Å². The summed E-state index contributed by atoms with van der Waals surface area (Å²) in [5, 5.41) is 3.19. The molecule has 1 atom stereocenters. The average molecular weight is 558 g/mol. The number of carbonyl (C=O) groups is 2. The van der Waals surface area contributed by atoms with Gasteiger partial charge < -0.3 is 15.0 Å². The van der Waals surface area contributed by atoms with Gasteiger partial charge in [-0.2, -0.15) is 0 Å². The minimum Gasteiger partial charge on any atom is -0.494 e. The van der Waals surface area contributed by atoms with E-state index in [-0.39, 0.29) is 30.8 Å². The number of sulfonamides is 1. The lowest BCUT2D eigenvalue weighted by Crippen LogP contribution is -2.51. The van der Waals surface area contributed by atoms with Gasteiger partial charge in [-0.05, 0) is 62.4 Å². The van der Waals surface area contributed by atoms with Crippen LogP contribution < -0.4 is 14.4 Å². The molecule has 1 fully saturated rings. The molecule has 8 nitrogen and oxygen atoms in total. The average Bonchev–Trinajstić information content (AvgIpc) is 2.92. The SMILES string of the molecule is CCOc1ccc(N(CCCC(=O)N(Cc2ccccc2)[C@@H](CC)C(=O)NC2CCCCC2)S(C)(=O)=O)cc1. The third kappa shape index (κ3) is 9.27. The highest BCUT2D eigenvalue weighted by Gasteiger charge is 2.30. The van der Waals surface area contributed by atoms with Crippen molar-refractivity contribution in [3.8, 4) is 5.75 Å². The minimum atomic E-state index is -3.56. The lowest BCUT2D eigenvalue weighted by atomic mass is 9.95. The largest absolute Gasteiger partial charge is 0.494 e. The molecule has 9 heteroatoms. The number of rotatable bonds is 14. The van der Waals surface area contributed by atoms with Crippen LogP contribution in [0, 0.1) is 0 Å². The van der Waals surface area contributed by atoms with Crippen LogP contribution in [0.3, 0.4) is 0 Å². The molecule has 1 saturated carbocycles. The Kier molecular flexibility index (Phi) is 11.7. The van der Waals surface area contributed by atoms with E-state index in [9.17, 15) is 18.0 Å². The molecule has 1 aliphatic carbocycles. The number of amides is 2. The summed E-state index contributed by atoms with van der Waals surface area (Å²) in [6.45, 7) is 4.81. The molecule has 0 radical (unpaired) electrons. The van der Waals surface area contributed by atoms with E-state index >= 15 is 0 Å². The van der Waals surface area contributed by atoms with Crippen LogP contribution in [0.25, 0.3) is 0 Å². The lowest BCUT2D eigenvalue weighted by Gasteiger charge is -2.33. The van der Waals surface area contributed by atoms with Gasteiger partial charge in [0.05, 0.1) is 18.6 Å². The van der Waals surface area contributed by atoms with Gasteiger partial charge in [0, 0.05) is 25.6 Å². The summed E-state index contributed by atoms with van der Waals surface area (Å²) < 4.78 is 31.9. The van der Waals surface area contributed by atoms with Crippen molar-refractivity contribution in [3.63, 3.8) is 0 Å². The van der Waals surface area contributed by atoms with Crippen molar-refractivity contribution in [2.24, 2.45) is 0 Å². The second kappa shape index (κ2) is 14.9. The van der Waals surface area contributed by atoms with Crippen LogP contribution in [0.15, 0.2) is 54.6 Å². The third-order valence-electron chi connectivity index (χ3n) is 7.12. The molecular weight excluding hydrogens is 514 g/mol. The van der Waals surface area contributed by atoms with Crippen LogP contribution >= 0.6 is 0 Å². The predicted molar refractivity (Wildman–Crippen MR) is 155 cm³/mol. The Bertz CT molecular complexity index is 1150. The van der Waals surface area contributed by atoms with Gasteiger partial charge in [-0.1, -0.05) is 56.5 Å². The molecule has 0 aliphatic heterocycles. The molecular formula is C30H43N3O5S. The summed E-state index contributed by atoms with van der Waals surface area (Å²) in [6.07, 6.45) is 7.48. The molecule has 3 rings (SSSR count). The fourth-order valence-electron chi connectivity index (χ4n) is 5.12. The summed E-state index contributed by atoms with van der Waals surface area (Å²) in [5.74, 6) is 0.393. The zero-order valence-electron chi connectivity index (χ0n) is 23.5. The Morgan fingerprint density at radius 1 is 1.00 bits per heavy atom. The summed E-state index contributed by atoms with van der Waals surface area (Å²) in [7, 11) is -3.56. The first-order valence-corrected chi connectivity index (χ1v) is 15.9. The van der Waals surface area contributed by atoms with Crippen molar-refractivity contribution in [1.82, 2.24) is 10.2 Å². The number of anilines is 1. The normalized spacial score (nSPS) is 14.8. The van der Waals surface area contributed by atoms with E-state index < -0.39 is 16.1 Å². The summed E-state index contributed by atoms with van der Waals surface area (Å²) in [4.78, 5) is 28.6. The van der Waals surface area contributed by atoms with Gasteiger partial charge in [0.25, 0.3) is 0 Å². The molecule has 0 saturated heterocycles. The van der Waals surface area contributed by atoms with E-state index in [1.807, 2.05) is 44.2 Å². The van der Waals surface area contributed by atoms with E-state index in [1.54, 1.807) is 29.2 Å². The fraction of sp³-hybridized carbons (Fsp3) is 0.533. The van der Waals surface area contributed by atoms with Crippen LogP contribution in [-0.2, 0) is 26.2 Å². The van der Waals surface area contributed by atoms with E-state index in [0.29, 0.717) is 37.4 Å². The van der Waals surface area contributed by atoms with Gasteiger partial charge >= 0.3 is 0 Å². The maximum absolute atomic E-state index is 13.6. The summed E-state index contributed by atoms with van der Waals surface area (Å²) >= 11 is 0. The molecule has 0 unspecified atom stereocenters. The fourth-order valence-corrected chi connectivity index (χ4v) is 6.09. The minimum absolute atomic E-state index is 0.110. The van der Waals surface area contributed by atoms with E-state index in [2.05, 4.69) is 5.32 Å². The van der Waals surface area contributed by atoms with Crippen LogP contribution in [0.1, 0.15) is 70.8 Å². The number of benzene rings is 2. The Labute approximate surface area is 233 Å². The van der Waals surface area contributed by atoms with Crippen LogP contribution in [0.4, 0.5) is 5.69 Å². The van der Waals surface area contributed by atoms with Crippen LogP contribution in [-0.4, -0.2) is 56.6 Å². The van der Waals surface area contributed by atoms with Crippen molar-refractivity contribution in [2.75, 3.05) is 23.7 Å². The summed E-state index contributed by atoms with van der Waals surface area (Å²) in [6, 6.07) is 16.1. The second-order valence-corrected chi connectivity index (χ2v) is 12.0. The Morgan fingerprint density at radius 2 is 1.67 bits per heavy atom. The van der Waals surface area contributed by atoms with Crippen molar-refractivity contribution in [3.05, 3.63) is 60.2 Å². The van der Waals surface area contributed by atoms with Crippen LogP contribution in [0.2, 0.25) is 0 Å². The van der Waals surface area contributed by atoms with Gasteiger partial charge in [0.15, 0.2) is 0 Å². The first-order chi connectivity index (χ1) is 18.7. The zero-order chi connectivity index (χ0) is 28.3. The van der Waals surface area contributed by atoms with Gasteiger partial charge in [-0.15, -0.1) is 0 Å². The number of carbonyl (C=O) groups excluding carboxylic acids is 2. The molecule has 1 aliphatic rings. The summed E-state index contributed by atoms with van der Waals surface area (Å²) in [5.41, 5.74) is 1.47. The van der Waals surface area contributed by atoms with E-state index in [1.165, 1.54) is 10.7 Å². The highest BCUT2D eigenvalue weighted by atomic mass is 32.2. The molecule has 0 spiro atoms. The standard InChI is InChI=1S/C30H43N3O5S/c1-4-28(30(35)31-25-15-10-7-11-16-25)32(23-24-13-8-6-9-14-24)29(34)17-12-22-33(39(3,36)37)26-18-20-27(21-19-26)38-5-2/h6,8-9,13-14,18-21,25,28H,4-5,7,10-12,15-17,22-23H2,1-3H3,(H,31,35)/t28-/m0/s1. The second-order valence-electron chi connectivity index (χ2n) is 10.1. The van der Waals surface area contributed by atoms with Crippen molar-refractivity contribution < 1.29 is 22.7 Å². The van der Waals surface area contributed by atoms with Gasteiger partial charge in [-0.3, -0.25) is 13.9 Å². The number of hydrogen-bond donors (Lipinski definition) is 1. The molecule has 2 aromatic carbocycles. The molecule has 0 bridgehead atoms. The van der Waals surface area contributed by atoms with Crippen molar-refractivity contribution in [2.45, 2.75) is 83.8 Å². The van der Waals surface area contributed by atoms with Gasteiger partial charge in [0.2, 0.25) is 21.8 Å². The van der Waals surface area contributed by atoms with Crippen molar-refractivity contribution in [1.29, 1.82) is 0 Å². The topological polar surface area (TPSA) is 96.0 Å². The first-order valence-electron chi connectivity index (χ1n) is 14.1. The zero-order valence-corrected chi connectivity index (χ0v) is 24.3. The quantitative estimate of drug-likeness (QED) is 0.357. The monoisotopic (exact) mass is 557 g/mol. The molecule has 1 N–H and O–H groups in total. The Hall–Kier alpha value is -3.07. The highest BCUT2D eigenvalue weighted by Crippen LogP contribution is 2.23. The molecule has 2 amide bonds. The predicted octanol–water partition coefficient (Wildman–Crippen LogP) is 4.89. The van der Waals surface area contributed by atoms with E-state index in [0.717, 1.165) is 37.5 Å². The van der Waals surface area contributed by atoms with Crippen LogP contribution in [0.5, 0.6) is 5.75 Å². The Balaban J connectivity index is 1.72. The maximum Gasteiger partial charge on any atom is 0.243 e. The molecule has 39 heavy (non-hydrogen) atoms. The van der Waals surface area contributed by atoms with Crippen molar-refractivity contribution >= 4 is 27.5 Å². The molecule has 0 heterocycles. The molecule has 2 aromatic rings. The Morgan fingerprint density at radius 3 is 2.26 bits per heavy atom. The molecule has 214 valence electrons. The smallest absolute Gasteiger partial charge is 0.243 e. The van der Waals surface area contributed by atoms with Gasteiger partial charge in [-0.25, -0.2) is 8.42 Å². The highest BCUT2D eigenvalue weighted by molar-refractivity contribution is 7.92. The number of ether oxygens (including phenoxy) is 1. The number of hydrogen-bond acceptors (Lipinski definition) is 5. The maximum atomic E-state index is 13.6. The molecule has 0 aromatic heterocycles. The lowest BCUT2D eigenvalue weighted by molar-refractivity contribution is -0.141.